The van der Waals surface area contributed by atoms with E-state index in [4.69, 9.17) is 9.84 Å². The van der Waals surface area contributed by atoms with Gasteiger partial charge < -0.3 is 15.2 Å². The van der Waals surface area contributed by atoms with Crippen LogP contribution in [0, 0.1) is 0 Å². The van der Waals surface area contributed by atoms with E-state index < -0.39 is 0 Å². The smallest absolute Gasteiger partial charge is 0.218 e. The van der Waals surface area contributed by atoms with E-state index in [1.807, 2.05) is 0 Å². The normalized spacial score (nSPS) is 9.69. The van der Waals surface area contributed by atoms with Crippen molar-refractivity contribution in [3.8, 4) is 5.88 Å². The minimum Gasteiger partial charge on any atom is -0.481 e. The summed E-state index contributed by atoms with van der Waals surface area (Å²) in [6.45, 7) is 0.867. The quantitative estimate of drug-likeness (QED) is 0.642. The molecular formula is C8H13N3O2. The first kappa shape index (κ1) is 9.73. The second-order valence-corrected chi connectivity index (χ2v) is 2.45. The number of ether oxygens (including phenoxy) is 1. The second kappa shape index (κ2) is 5.31. The molecule has 13 heavy (non-hydrogen) atoms. The fraction of sp³-hybridized carbons (Fsp3) is 0.500. The molecule has 0 bridgehead atoms. The number of nitrogens with one attached hydrogen (secondary N) is 1. The molecule has 0 saturated carbocycles. The lowest BCUT2D eigenvalue weighted by Crippen LogP contribution is -2.05. The van der Waals surface area contributed by atoms with Gasteiger partial charge in [-0.05, 0) is 6.42 Å². The van der Waals surface area contributed by atoms with Crippen LogP contribution in [0.3, 0.4) is 0 Å². The van der Waals surface area contributed by atoms with Gasteiger partial charge in [0.1, 0.15) is 12.1 Å². The largest absolute Gasteiger partial charge is 0.481 e. The Morgan fingerprint density at radius 1 is 1.54 bits per heavy atom. The van der Waals surface area contributed by atoms with Gasteiger partial charge >= 0.3 is 0 Å². The summed E-state index contributed by atoms with van der Waals surface area (Å²) in [6, 6.07) is 1.71. The zero-order chi connectivity index (χ0) is 9.52. The molecule has 0 radical (unpaired) electrons. The van der Waals surface area contributed by atoms with Crippen LogP contribution in [0.5, 0.6) is 5.88 Å². The Morgan fingerprint density at radius 2 is 2.38 bits per heavy atom. The molecule has 0 aliphatic carbocycles. The molecular weight excluding hydrogens is 170 g/mol. The summed E-state index contributed by atoms with van der Waals surface area (Å²) in [4.78, 5) is 7.84. The highest BCUT2D eigenvalue weighted by atomic mass is 16.5. The van der Waals surface area contributed by atoms with Crippen LogP contribution < -0.4 is 10.1 Å². The van der Waals surface area contributed by atoms with Crippen molar-refractivity contribution in [2.24, 2.45) is 0 Å². The van der Waals surface area contributed by atoms with Crippen LogP contribution in [0.2, 0.25) is 0 Å². The summed E-state index contributed by atoms with van der Waals surface area (Å²) in [5.41, 5.74) is 0. The maximum absolute atomic E-state index is 8.55. The van der Waals surface area contributed by atoms with Crippen LogP contribution in [-0.4, -0.2) is 35.3 Å². The number of anilines is 1. The topological polar surface area (TPSA) is 67.3 Å². The molecule has 72 valence electrons. The van der Waals surface area contributed by atoms with Gasteiger partial charge in [0, 0.05) is 19.2 Å². The molecule has 5 heteroatoms. The first-order valence-electron chi connectivity index (χ1n) is 4.07. The first-order valence-corrected chi connectivity index (χ1v) is 4.07. The Morgan fingerprint density at radius 3 is 3.08 bits per heavy atom. The lowest BCUT2D eigenvalue weighted by molar-refractivity contribution is 0.292. The molecule has 0 saturated heterocycles. The summed E-state index contributed by atoms with van der Waals surface area (Å²) in [7, 11) is 1.56. The monoisotopic (exact) mass is 183 g/mol. The molecule has 5 nitrogen and oxygen atoms in total. The number of methoxy groups -OCH3 is 1. The van der Waals surface area contributed by atoms with Crippen LogP contribution in [0.4, 0.5) is 5.82 Å². The molecule has 0 aliphatic rings. The second-order valence-electron chi connectivity index (χ2n) is 2.45. The van der Waals surface area contributed by atoms with E-state index in [9.17, 15) is 0 Å². The summed E-state index contributed by atoms with van der Waals surface area (Å²) in [5, 5.41) is 11.6. The Balaban J connectivity index is 2.46. The highest BCUT2D eigenvalue weighted by Gasteiger charge is 1.96. The van der Waals surface area contributed by atoms with Crippen molar-refractivity contribution in [3.05, 3.63) is 12.4 Å². The van der Waals surface area contributed by atoms with Crippen molar-refractivity contribution in [1.82, 2.24) is 9.97 Å². The van der Waals surface area contributed by atoms with Gasteiger partial charge in [0.15, 0.2) is 0 Å². The zero-order valence-corrected chi connectivity index (χ0v) is 7.53. The fourth-order valence-electron chi connectivity index (χ4n) is 0.843. The molecule has 1 rings (SSSR count). The van der Waals surface area contributed by atoms with E-state index in [-0.39, 0.29) is 6.61 Å². The highest BCUT2D eigenvalue weighted by molar-refractivity contribution is 5.36. The first-order chi connectivity index (χ1) is 6.36. The summed E-state index contributed by atoms with van der Waals surface area (Å²) >= 11 is 0. The highest BCUT2D eigenvalue weighted by Crippen LogP contribution is 2.09. The van der Waals surface area contributed by atoms with E-state index in [1.165, 1.54) is 6.33 Å². The third kappa shape index (κ3) is 3.25. The summed E-state index contributed by atoms with van der Waals surface area (Å²) < 4.78 is 4.92. The van der Waals surface area contributed by atoms with Gasteiger partial charge in [0.2, 0.25) is 5.88 Å². The molecule has 1 aromatic heterocycles. The van der Waals surface area contributed by atoms with Gasteiger partial charge in [0.25, 0.3) is 0 Å². The fourth-order valence-corrected chi connectivity index (χ4v) is 0.843. The lowest BCUT2D eigenvalue weighted by Gasteiger charge is -2.04. The van der Waals surface area contributed by atoms with E-state index in [1.54, 1.807) is 13.2 Å². The molecule has 0 fully saturated rings. The number of hydrogen-bond acceptors (Lipinski definition) is 5. The van der Waals surface area contributed by atoms with Crippen LogP contribution >= 0.6 is 0 Å². The summed E-state index contributed by atoms with van der Waals surface area (Å²) in [5.74, 6) is 1.24. The number of nitrogens with zero attached hydrogens (tertiary/aromatic N) is 2. The molecule has 0 amide bonds. The predicted octanol–water partition coefficient (Wildman–Crippen LogP) is 0.279. The van der Waals surface area contributed by atoms with Crippen LogP contribution in [0.15, 0.2) is 12.4 Å². The Kier molecular flexibility index (Phi) is 3.98. The lowest BCUT2D eigenvalue weighted by atomic mass is 10.4. The van der Waals surface area contributed by atoms with Crippen molar-refractivity contribution in [3.63, 3.8) is 0 Å². The molecule has 0 aromatic carbocycles. The Bertz CT molecular complexity index is 255. The molecule has 0 aliphatic heterocycles. The number of hydrogen-bond donors (Lipinski definition) is 2. The average molecular weight is 183 g/mol. The van der Waals surface area contributed by atoms with Crippen LogP contribution in [0.25, 0.3) is 0 Å². The standard InChI is InChI=1S/C8H13N3O2/c1-13-8-5-7(10-6-11-8)9-3-2-4-12/h5-6,12H,2-4H2,1H3,(H,9,10,11). The van der Waals surface area contributed by atoms with Crippen molar-refractivity contribution in [2.45, 2.75) is 6.42 Å². The van der Waals surface area contributed by atoms with Crippen molar-refractivity contribution in [1.29, 1.82) is 0 Å². The SMILES string of the molecule is COc1cc(NCCCO)ncn1. The van der Waals surface area contributed by atoms with Crippen molar-refractivity contribution in [2.75, 3.05) is 25.6 Å². The predicted molar refractivity (Wildman–Crippen MR) is 48.8 cm³/mol. The van der Waals surface area contributed by atoms with E-state index in [0.717, 1.165) is 0 Å². The molecule has 1 aromatic rings. The number of rotatable bonds is 5. The third-order valence-corrected chi connectivity index (χ3v) is 1.49. The average Bonchev–Trinajstić information content (AvgIpc) is 2.19. The summed E-state index contributed by atoms with van der Waals surface area (Å²) in [6.07, 6.45) is 2.13. The van der Waals surface area contributed by atoms with Crippen LogP contribution in [-0.2, 0) is 0 Å². The Labute approximate surface area is 76.8 Å². The van der Waals surface area contributed by atoms with Gasteiger partial charge in [-0.1, -0.05) is 0 Å². The maximum atomic E-state index is 8.55. The van der Waals surface area contributed by atoms with Gasteiger partial charge in [-0.2, -0.15) is 0 Å². The van der Waals surface area contributed by atoms with Crippen molar-refractivity contribution >= 4 is 5.82 Å². The van der Waals surface area contributed by atoms with Crippen LogP contribution in [0.1, 0.15) is 6.42 Å². The Hall–Kier alpha value is -1.36. The van der Waals surface area contributed by atoms with Gasteiger partial charge in [-0.3, -0.25) is 0 Å². The molecule has 2 N–H and O–H groups in total. The maximum Gasteiger partial charge on any atom is 0.218 e. The molecule has 0 unspecified atom stereocenters. The van der Waals surface area contributed by atoms with Gasteiger partial charge in [-0.25, -0.2) is 9.97 Å². The van der Waals surface area contributed by atoms with Crippen molar-refractivity contribution < 1.29 is 9.84 Å². The van der Waals surface area contributed by atoms with Gasteiger partial charge in [0.05, 0.1) is 7.11 Å². The minimum absolute atomic E-state index is 0.176. The number of aromatic nitrogens is 2. The third-order valence-electron chi connectivity index (χ3n) is 1.49. The minimum atomic E-state index is 0.176. The molecule has 0 spiro atoms. The van der Waals surface area contributed by atoms with E-state index >= 15 is 0 Å². The number of aliphatic hydroxyl groups excluding tert-OH is 1. The van der Waals surface area contributed by atoms with E-state index in [0.29, 0.717) is 24.7 Å². The van der Waals surface area contributed by atoms with E-state index in [2.05, 4.69) is 15.3 Å². The number of aliphatic hydroxyl groups is 1. The molecule has 1 heterocycles. The zero-order valence-electron chi connectivity index (χ0n) is 7.53. The molecule has 0 atom stereocenters. The van der Waals surface area contributed by atoms with Gasteiger partial charge in [-0.15, -0.1) is 0 Å².